The van der Waals surface area contributed by atoms with Crippen LogP contribution in [0.5, 0.6) is 0 Å². The second kappa shape index (κ2) is 5.13. The van der Waals surface area contributed by atoms with Crippen molar-refractivity contribution in [2.75, 3.05) is 6.54 Å². The molecule has 2 N–H and O–H groups in total. The number of carbonyl (C=O) groups is 1. The van der Waals surface area contributed by atoms with Crippen LogP contribution in [-0.2, 0) is 11.2 Å². The zero-order valence-corrected chi connectivity index (χ0v) is 13.1. The van der Waals surface area contributed by atoms with Crippen molar-refractivity contribution in [3.8, 4) is 0 Å². The summed E-state index contributed by atoms with van der Waals surface area (Å²) in [6, 6.07) is 0.293. The minimum absolute atomic E-state index is 0.0911. The highest BCUT2D eigenvalue weighted by Gasteiger charge is 2.48. The molecule has 0 spiro atoms. The van der Waals surface area contributed by atoms with Crippen LogP contribution in [0.3, 0.4) is 0 Å². The van der Waals surface area contributed by atoms with Gasteiger partial charge in [0.2, 0.25) is 5.91 Å². The van der Waals surface area contributed by atoms with E-state index in [1.54, 1.807) is 0 Å². The number of rotatable bonds is 2. The Hall–Kier alpha value is -1.36. The van der Waals surface area contributed by atoms with E-state index in [-0.39, 0.29) is 17.4 Å². The molecule has 116 valence electrons. The molecule has 1 amide bonds. The number of hydrogen-bond donors (Lipinski definition) is 2. The Morgan fingerprint density at radius 1 is 1.48 bits per heavy atom. The van der Waals surface area contributed by atoms with Crippen LogP contribution in [0, 0.1) is 19.3 Å². The molecule has 5 nitrogen and oxygen atoms in total. The highest BCUT2D eigenvalue weighted by Crippen LogP contribution is 2.46. The predicted octanol–water partition coefficient (Wildman–Crippen LogP) is 1.72. The van der Waals surface area contributed by atoms with Gasteiger partial charge in [0.1, 0.15) is 0 Å². The number of fused-ring (bicyclic) bond motifs is 1. The quantitative estimate of drug-likeness (QED) is 0.871. The van der Waals surface area contributed by atoms with Crippen molar-refractivity contribution in [2.24, 2.45) is 5.41 Å². The van der Waals surface area contributed by atoms with Crippen molar-refractivity contribution >= 4 is 5.91 Å². The van der Waals surface area contributed by atoms with Gasteiger partial charge in [0, 0.05) is 23.8 Å². The van der Waals surface area contributed by atoms with Crippen LogP contribution in [0.4, 0.5) is 0 Å². The van der Waals surface area contributed by atoms with Crippen molar-refractivity contribution in [3.63, 3.8) is 0 Å². The van der Waals surface area contributed by atoms with Crippen molar-refractivity contribution in [1.82, 2.24) is 15.1 Å². The number of aryl methyl sites for hydroxylation is 2. The van der Waals surface area contributed by atoms with Crippen molar-refractivity contribution in [1.29, 1.82) is 0 Å². The maximum atomic E-state index is 12.7. The molecule has 1 saturated carbocycles. The standard InChI is InChI=1S/C16H25N3O2/c1-10-13(11(2)18-17-10)8-15(21)19-7-6-16(3)9-12(20)4-5-14(16)19/h12,14,20H,4-9H2,1-3H3,(H,17,18)/t12-,14-,16+/m1/s1. The Kier molecular flexibility index (Phi) is 3.56. The Balaban J connectivity index is 1.74. The number of aromatic amines is 1. The Labute approximate surface area is 125 Å². The molecule has 2 fully saturated rings. The largest absolute Gasteiger partial charge is 0.393 e. The topological polar surface area (TPSA) is 69.2 Å². The van der Waals surface area contributed by atoms with E-state index in [0.717, 1.165) is 49.2 Å². The number of nitrogens with one attached hydrogen (secondary N) is 1. The molecular formula is C16H25N3O2. The third-order valence-corrected chi connectivity index (χ3v) is 5.51. The molecule has 2 aliphatic rings. The van der Waals surface area contributed by atoms with E-state index in [0.29, 0.717) is 12.5 Å². The zero-order chi connectivity index (χ0) is 15.2. The number of likely N-dealkylation sites (tertiary alicyclic amines) is 1. The molecular weight excluding hydrogens is 266 g/mol. The van der Waals surface area contributed by atoms with Crippen molar-refractivity contribution < 1.29 is 9.90 Å². The molecule has 0 unspecified atom stereocenters. The molecule has 3 rings (SSSR count). The normalized spacial score (nSPS) is 32.3. The molecule has 1 aromatic rings. The van der Waals surface area contributed by atoms with Gasteiger partial charge >= 0.3 is 0 Å². The number of amides is 1. The number of H-pyrrole nitrogens is 1. The van der Waals surface area contributed by atoms with Gasteiger partial charge in [0.15, 0.2) is 0 Å². The molecule has 0 bridgehead atoms. The van der Waals surface area contributed by atoms with Crippen LogP contribution in [0.1, 0.15) is 49.6 Å². The molecule has 0 radical (unpaired) electrons. The highest BCUT2D eigenvalue weighted by molar-refractivity contribution is 5.80. The first kappa shape index (κ1) is 14.6. The van der Waals surface area contributed by atoms with E-state index in [1.807, 2.05) is 13.8 Å². The number of aliphatic hydroxyl groups excluding tert-OH is 1. The van der Waals surface area contributed by atoms with Gasteiger partial charge in [-0.05, 0) is 44.9 Å². The lowest BCUT2D eigenvalue weighted by Crippen LogP contribution is -2.46. The monoisotopic (exact) mass is 291 g/mol. The number of aromatic nitrogens is 2. The summed E-state index contributed by atoms with van der Waals surface area (Å²) in [5.74, 6) is 0.202. The SMILES string of the molecule is Cc1n[nH]c(C)c1CC(=O)N1CC[C@@]2(C)C[C@H](O)CC[C@@H]12. The summed E-state index contributed by atoms with van der Waals surface area (Å²) < 4.78 is 0. The summed E-state index contributed by atoms with van der Waals surface area (Å²) in [6.45, 7) is 6.95. The van der Waals surface area contributed by atoms with Crippen LogP contribution >= 0.6 is 0 Å². The van der Waals surface area contributed by atoms with E-state index >= 15 is 0 Å². The summed E-state index contributed by atoms with van der Waals surface area (Å²) in [5.41, 5.74) is 3.03. The fraction of sp³-hybridized carbons (Fsp3) is 0.750. The maximum Gasteiger partial charge on any atom is 0.227 e. The fourth-order valence-electron chi connectivity index (χ4n) is 4.19. The van der Waals surface area contributed by atoms with Gasteiger partial charge in [0.25, 0.3) is 0 Å². The number of hydrogen-bond acceptors (Lipinski definition) is 3. The van der Waals surface area contributed by atoms with Gasteiger partial charge in [-0.3, -0.25) is 9.89 Å². The number of nitrogens with zero attached hydrogens (tertiary/aromatic N) is 2. The predicted molar refractivity (Wildman–Crippen MR) is 79.8 cm³/mol. The van der Waals surface area contributed by atoms with Gasteiger partial charge in [-0.1, -0.05) is 6.92 Å². The molecule has 1 aliphatic carbocycles. The molecule has 5 heteroatoms. The number of aliphatic hydroxyl groups is 1. The van der Waals surface area contributed by atoms with E-state index in [9.17, 15) is 9.90 Å². The third kappa shape index (κ3) is 2.48. The second-order valence-electron chi connectivity index (χ2n) is 7.03. The van der Waals surface area contributed by atoms with Crippen molar-refractivity contribution in [2.45, 2.75) is 65.0 Å². The zero-order valence-electron chi connectivity index (χ0n) is 13.1. The molecule has 2 heterocycles. The third-order valence-electron chi connectivity index (χ3n) is 5.51. The minimum atomic E-state index is -0.195. The summed E-state index contributed by atoms with van der Waals surface area (Å²) in [7, 11) is 0. The lowest BCUT2D eigenvalue weighted by atomic mass is 9.71. The summed E-state index contributed by atoms with van der Waals surface area (Å²) in [4.78, 5) is 14.8. The van der Waals surface area contributed by atoms with Gasteiger partial charge < -0.3 is 10.0 Å². The summed E-state index contributed by atoms with van der Waals surface area (Å²) in [5, 5.41) is 17.0. The second-order valence-corrected chi connectivity index (χ2v) is 7.03. The number of carbonyl (C=O) groups excluding carboxylic acids is 1. The van der Waals surface area contributed by atoms with Crippen molar-refractivity contribution in [3.05, 3.63) is 17.0 Å². The molecule has 3 atom stereocenters. The van der Waals surface area contributed by atoms with Gasteiger partial charge in [-0.25, -0.2) is 0 Å². The minimum Gasteiger partial charge on any atom is -0.393 e. The van der Waals surface area contributed by atoms with Crippen LogP contribution in [-0.4, -0.2) is 44.8 Å². The van der Waals surface area contributed by atoms with Gasteiger partial charge in [-0.2, -0.15) is 5.10 Å². The van der Waals surface area contributed by atoms with Crippen LogP contribution in [0.2, 0.25) is 0 Å². The lowest BCUT2D eigenvalue weighted by Gasteiger charge is -2.41. The van der Waals surface area contributed by atoms with Crippen LogP contribution in [0.15, 0.2) is 0 Å². The van der Waals surface area contributed by atoms with E-state index in [1.165, 1.54) is 0 Å². The summed E-state index contributed by atoms with van der Waals surface area (Å²) in [6.07, 6.45) is 3.80. The van der Waals surface area contributed by atoms with Crippen LogP contribution in [0.25, 0.3) is 0 Å². The maximum absolute atomic E-state index is 12.7. The van der Waals surface area contributed by atoms with E-state index in [2.05, 4.69) is 22.0 Å². The molecule has 1 aromatic heterocycles. The lowest BCUT2D eigenvalue weighted by molar-refractivity contribution is -0.133. The molecule has 1 saturated heterocycles. The first-order valence-corrected chi connectivity index (χ1v) is 7.89. The smallest absolute Gasteiger partial charge is 0.227 e. The Morgan fingerprint density at radius 3 is 2.90 bits per heavy atom. The van der Waals surface area contributed by atoms with Gasteiger partial charge in [-0.15, -0.1) is 0 Å². The molecule has 1 aliphatic heterocycles. The Bertz CT molecular complexity index is 534. The summed E-state index contributed by atoms with van der Waals surface area (Å²) >= 11 is 0. The molecule has 21 heavy (non-hydrogen) atoms. The molecule has 0 aromatic carbocycles. The first-order valence-electron chi connectivity index (χ1n) is 7.89. The average Bonchev–Trinajstić information content (AvgIpc) is 2.91. The fourth-order valence-corrected chi connectivity index (χ4v) is 4.19. The van der Waals surface area contributed by atoms with E-state index < -0.39 is 0 Å². The Morgan fingerprint density at radius 2 is 2.24 bits per heavy atom. The van der Waals surface area contributed by atoms with Crippen LogP contribution < -0.4 is 0 Å². The highest BCUT2D eigenvalue weighted by atomic mass is 16.3. The first-order chi connectivity index (χ1) is 9.90. The van der Waals surface area contributed by atoms with Gasteiger partial charge in [0.05, 0.1) is 18.2 Å². The van der Waals surface area contributed by atoms with E-state index in [4.69, 9.17) is 0 Å². The average molecular weight is 291 g/mol.